The molecule has 1 N–H and O–H groups in total. The highest BCUT2D eigenvalue weighted by molar-refractivity contribution is 6.22. The number of aliphatic hydroxyl groups is 1. The molecule has 5 nitrogen and oxygen atoms in total. The molecule has 21 heavy (non-hydrogen) atoms. The lowest BCUT2D eigenvalue weighted by molar-refractivity contribution is 0.0752. The molecule has 2 rings (SSSR count). The van der Waals surface area contributed by atoms with Gasteiger partial charge in [-0.05, 0) is 30.1 Å². The fourth-order valence-corrected chi connectivity index (χ4v) is 2.02. The molecule has 0 spiro atoms. The second kappa shape index (κ2) is 5.22. The van der Waals surface area contributed by atoms with Crippen molar-refractivity contribution >= 4 is 34.4 Å². The van der Waals surface area contributed by atoms with Crippen molar-refractivity contribution < 1.29 is 22.7 Å². The van der Waals surface area contributed by atoms with E-state index in [2.05, 4.69) is 15.0 Å². The topological polar surface area (TPSA) is 63.8 Å². The number of aliphatic hydroxyl groups excluding tert-OH is 1. The van der Waals surface area contributed by atoms with Crippen molar-refractivity contribution in [2.24, 2.45) is 0 Å². The van der Waals surface area contributed by atoms with E-state index in [0.29, 0.717) is 0 Å². The van der Waals surface area contributed by atoms with Gasteiger partial charge in [0.1, 0.15) is 11.3 Å². The summed E-state index contributed by atoms with van der Waals surface area (Å²) in [6.45, 7) is 1.00. The first-order chi connectivity index (χ1) is 9.55. The van der Waals surface area contributed by atoms with Crippen LogP contribution in [0.1, 0.15) is 17.3 Å². The number of alkyl halides is 6. The Hall–Kier alpha value is -1.19. The first-order valence-corrected chi connectivity index (χ1v) is 6.31. The van der Waals surface area contributed by atoms with E-state index in [1.54, 1.807) is 0 Å². The first-order valence-electron chi connectivity index (χ1n) is 5.56. The van der Waals surface area contributed by atoms with Crippen LogP contribution in [-0.2, 0) is 17.3 Å². The largest absolute Gasteiger partial charge is 0.395 e. The third kappa shape index (κ3) is 3.04. The van der Waals surface area contributed by atoms with Gasteiger partial charge in [-0.2, -0.15) is 17.6 Å². The summed E-state index contributed by atoms with van der Waals surface area (Å²) in [5.41, 5.74) is -1.89. The summed E-state index contributed by atoms with van der Waals surface area (Å²) in [4.78, 5) is 10.3. The highest BCUT2D eigenvalue weighted by atomic mass is 35.5. The third-order valence-electron chi connectivity index (χ3n) is 2.63. The van der Waals surface area contributed by atoms with Crippen molar-refractivity contribution in [2.45, 2.75) is 24.2 Å². The molecule has 0 atom stereocenters. The Morgan fingerprint density at radius 3 is 2.19 bits per heavy atom. The first kappa shape index (κ1) is 16.2. The van der Waals surface area contributed by atoms with E-state index in [1.165, 1.54) is 11.5 Å². The van der Waals surface area contributed by atoms with Crippen molar-refractivity contribution in [3.8, 4) is 0 Å². The zero-order valence-electron chi connectivity index (χ0n) is 10.4. The van der Waals surface area contributed by atoms with Crippen molar-refractivity contribution in [3.05, 3.63) is 17.3 Å². The van der Waals surface area contributed by atoms with Crippen LogP contribution in [0, 0.1) is 6.92 Å². The fraction of sp³-hybridized carbons (Fsp3) is 0.500. The summed E-state index contributed by atoms with van der Waals surface area (Å²) >= 11 is 9.68. The van der Waals surface area contributed by atoms with Gasteiger partial charge in [0.15, 0.2) is 11.3 Å². The van der Waals surface area contributed by atoms with Crippen molar-refractivity contribution in [3.63, 3.8) is 0 Å². The van der Waals surface area contributed by atoms with Crippen molar-refractivity contribution in [2.75, 3.05) is 6.61 Å². The van der Waals surface area contributed by atoms with Crippen LogP contribution >= 0.6 is 23.2 Å². The van der Waals surface area contributed by atoms with Gasteiger partial charge < -0.3 is 9.67 Å². The number of imidazole rings is 1. The molecule has 0 aromatic carbocycles. The van der Waals surface area contributed by atoms with E-state index in [0.717, 1.165) is 0 Å². The number of halogens is 6. The second-order valence-electron chi connectivity index (χ2n) is 4.10. The predicted octanol–water partition coefficient (Wildman–Crippen LogP) is 2.70. The van der Waals surface area contributed by atoms with Crippen LogP contribution in [0.3, 0.4) is 0 Å². The minimum absolute atomic E-state index is 0.0695. The Labute approximate surface area is 125 Å². The van der Waals surface area contributed by atoms with Gasteiger partial charge in [-0.15, -0.1) is 0 Å². The molecule has 0 saturated carbocycles. The Balaban J connectivity index is 2.85. The molecular weight excluding hydrogens is 339 g/mol. The van der Waals surface area contributed by atoms with Gasteiger partial charge >= 0.3 is 10.8 Å². The minimum Gasteiger partial charge on any atom is -0.395 e. The van der Waals surface area contributed by atoms with Crippen LogP contribution in [0.5, 0.6) is 0 Å². The average Bonchev–Trinajstić information content (AvgIpc) is 2.63. The number of nitrogens with zero attached hydrogens (tertiary/aromatic N) is 4. The summed E-state index contributed by atoms with van der Waals surface area (Å²) in [7, 11) is 0. The Kier molecular flexibility index (Phi) is 4.02. The van der Waals surface area contributed by atoms with E-state index < -0.39 is 27.8 Å². The van der Waals surface area contributed by atoms with Gasteiger partial charge in [0.25, 0.3) is 0 Å². The summed E-state index contributed by atoms with van der Waals surface area (Å²) in [5.74, 6) is -1.13. The zero-order chi connectivity index (χ0) is 16.0. The monoisotopic (exact) mass is 346 g/mol. The standard InChI is InChI=1S/C10H8Cl2F4N4O/c1-4-17-5-6(9(11,13)14)18-8(10(12,15)16)19-7(5)20(4)2-3-21/h21H,2-3H2,1H3. The molecule has 0 fully saturated rings. The number of fused-ring (bicyclic) bond motifs is 1. The number of hydrogen-bond acceptors (Lipinski definition) is 4. The van der Waals surface area contributed by atoms with Gasteiger partial charge in [-0.1, -0.05) is 0 Å². The summed E-state index contributed by atoms with van der Waals surface area (Å²) in [6, 6.07) is 0. The fourth-order valence-electron chi connectivity index (χ4n) is 1.80. The Bertz CT molecular complexity index is 680. The number of aromatic nitrogens is 4. The molecule has 0 bridgehead atoms. The summed E-state index contributed by atoms with van der Waals surface area (Å²) in [6.07, 6.45) is 0. The van der Waals surface area contributed by atoms with Crippen LogP contribution in [0.4, 0.5) is 17.6 Å². The van der Waals surface area contributed by atoms with E-state index >= 15 is 0 Å². The lowest BCUT2D eigenvalue weighted by Crippen LogP contribution is -2.17. The van der Waals surface area contributed by atoms with E-state index in [-0.39, 0.29) is 24.6 Å². The Morgan fingerprint density at radius 1 is 1.10 bits per heavy atom. The van der Waals surface area contributed by atoms with Crippen LogP contribution in [0.15, 0.2) is 0 Å². The maximum absolute atomic E-state index is 13.4. The van der Waals surface area contributed by atoms with Gasteiger partial charge in [0.05, 0.1) is 6.61 Å². The smallest absolute Gasteiger partial charge is 0.381 e. The average molecular weight is 347 g/mol. The van der Waals surface area contributed by atoms with Crippen LogP contribution in [0.2, 0.25) is 0 Å². The van der Waals surface area contributed by atoms with E-state index in [4.69, 9.17) is 28.3 Å². The molecule has 0 radical (unpaired) electrons. The van der Waals surface area contributed by atoms with Crippen LogP contribution < -0.4 is 0 Å². The minimum atomic E-state index is -4.05. The highest BCUT2D eigenvalue weighted by Gasteiger charge is 2.40. The molecule has 2 aromatic rings. The molecule has 2 aromatic heterocycles. The van der Waals surface area contributed by atoms with Crippen LogP contribution in [0.25, 0.3) is 11.2 Å². The Morgan fingerprint density at radius 2 is 1.71 bits per heavy atom. The maximum Gasteiger partial charge on any atom is 0.381 e. The molecule has 0 unspecified atom stereocenters. The van der Waals surface area contributed by atoms with Crippen molar-refractivity contribution in [1.82, 2.24) is 19.5 Å². The molecule has 2 heterocycles. The number of hydrogen-bond donors (Lipinski definition) is 1. The van der Waals surface area contributed by atoms with Gasteiger partial charge in [0, 0.05) is 6.54 Å². The molecule has 0 aliphatic rings. The summed E-state index contributed by atoms with van der Waals surface area (Å²) in [5, 5.41) is 0.867. The molecule has 0 aliphatic carbocycles. The lowest BCUT2D eigenvalue weighted by Gasteiger charge is -2.12. The normalized spacial score (nSPS) is 13.1. The molecule has 0 aliphatic heterocycles. The zero-order valence-corrected chi connectivity index (χ0v) is 11.9. The van der Waals surface area contributed by atoms with Crippen molar-refractivity contribution in [1.29, 1.82) is 0 Å². The predicted molar refractivity (Wildman–Crippen MR) is 66.6 cm³/mol. The lowest BCUT2D eigenvalue weighted by atomic mass is 10.3. The third-order valence-corrected chi connectivity index (χ3v) is 2.98. The molecule has 116 valence electrons. The molecule has 0 saturated heterocycles. The number of rotatable bonds is 4. The quantitative estimate of drug-likeness (QED) is 0.682. The summed E-state index contributed by atoms with van der Waals surface area (Å²) < 4.78 is 54.2. The molecule has 0 amide bonds. The number of aryl methyl sites for hydroxylation is 1. The van der Waals surface area contributed by atoms with Gasteiger partial charge in [-0.3, -0.25) is 0 Å². The van der Waals surface area contributed by atoms with E-state index in [1.807, 2.05) is 0 Å². The van der Waals surface area contributed by atoms with Gasteiger partial charge in [0.2, 0.25) is 5.82 Å². The highest BCUT2D eigenvalue weighted by Crippen LogP contribution is 2.38. The van der Waals surface area contributed by atoms with Gasteiger partial charge in [-0.25, -0.2) is 15.0 Å². The molecule has 11 heteroatoms. The van der Waals surface area contributed by atoms with Crippen LogP contribution in [-0.4, -0.2) is 31.2 Å². The SMILES string of the molecule is Cc1nc2c(C(F)(F)Cl)nc(C(F)(F)Cl)nc2n1CCO. The molecular formula is C10H8Cl2F4N4O. The second-order valence-corrected chi connectivity index (χ2v) is 5.05. The maximum atomic E-state index is 13.4. The van der Waals surface area contributed by atoms with E-state index in [9.17, 15) is 17.6 Å².